The highest BCUT2D eigenvalue weighted by molar-refractivity contribution is 5.86. The minimum Gasteiger partial charge on any atom is -0.365 e. The first-order valence-electron chi connectivity index (χ1n) is 7.51. The van der Waals surface area contributed by atoms with E-state index in [-0.39, 0.29) is 5.91 Å². The van der Waals surface area contributed by atoms with Crippen LogP contribution >= 0.6 is 0 Å². The summed E-state index contributed by atoms with van der Waals surface area (Å²) >= 11 is 0. The van der Waals surface area contributed by atoms with Gasteiger partial charge in [0.25, 0.3) is 5.91 Å². The van der Waals surface area contributed by atoms with Crippen LogP contribution in [0, 0.1) is 0 Å². The van der Waals surface area contributed by atoms with Crippen LogP contribution in [-0.4, -0.2) is 27.9 Å². The quantitative estimate of drug-likeness (QED) is 0.938. The van der Waals surface area contributed by atoms with Gasteiger partial charge in [-0.2, -0.15) is 5.10 Å². The number of carbonyl (C=O) groups is 1. The molecule has 1 fully saturated rings. The molecule has 1 aliphatic rings. The Bertz CT molecular complexity index is 657. The van der Waals surface area contributed by atoms with Crippen LogP contribution in [0.15, 0.2) is 24.3 Å². The van der Waals surface area contributed by atoms with E-state index in [1.54, 1.807) is 0 Å². The van der Waals surface area contributed by atoms with Crippen molar-refractivity contribution in [2.45, 2.75) is 45.4 Å². The Morgan fingerprint density at radius 3 is 3.00 bits per heavy atom. The zero-order valence-corrected chi connectivity index (χ0v) is 12.6. The van der Waals surface area contributed by atoms with Gasteiger partial charge in [0.05, 0.1) is 17.8 Å². The molecule has 0 aliphatic carbocycles. The van der Waals surface area contributed by atoms with Gasteiger partial charge in [-0.05, 0) is 32.8 Å². The molecule has 0 bridgehead atoms. The number of aromatic nitrogens is 2. The molecule has 21 heavy (non-hydrogen) atoms. The molecule has 1 aromatic carbocycles. The number of rotatable bonds is 4. The van der Waals surface area contributed by atoms with Crippen molar-refractivity contribution in [3.8, 4) is 0 Å². The fourth-order valence-electron chi connectivity index (χ4n) is 2.88. The minimum atomic E-state index is -0.677. The monoisotopic (exact) mass is 287 g/mol. The molecule has 1 unspecified atom stereocenters. The summed E-state index contributed by atoms with van der Waals surface area (Å²) in [6.07, 6.45) is 1.72. The van der Waals surface area contributed by atoms with Crippen molar-refractivity contribution in [3.63, 3.8) is 0 Å². The predicted molar refractivity (Wildman–Crippen MR) is 80.8 cm³/mol. The topological polar surface area (TPSA) is 56.2 Å². The van der Waals surface area contributed by atoms with Gasteiger partial charge in [0.1, 0.15) is 5.60 Å². The summed E-state index contributed by atoms with van der Waals surface area (Å²) in [4.78, 5) is 12.3. The highest BCUT2D eigenvalue weighted by atomic mass is 16.5. The first-order chi connectivity index (χ1) is 10.1. The smallest absolute Gasteiger partial charge is 0.252 e. The van der Waals surface area contributed by atoms with E-state index in [1.165, 1.54) is 0 Å². The molecular weight excluding hydrogens is 266 g/mol. The van der Waals surface area contributed by atoms with E-state index in [4.69, 9.17) is 4.74 Å². The van der Waals surface area contributed by atoms with Crippen LogP contribution in [-0.2, 0) is 22.6 Å². The molecule has 1 amide bonds. The Kier molecular flexibility index (Phi) is 3.68. The van der Waals surface area contributed by atoms with Crippen molar-refractivity contribution in [1.29, 1.82) is 0 Å². The van der Waals surface area contributed by atoms with Crippen LogP contribution in [0.1, 0.15) is 32.4 Å². The summed E-state index contributed by atoms with van der Waals surface area (Å²) in [5.41, 5.74) is 1.33. The second-order valence-corrected chi connectivity index (χ2v) is 5.65. The maximum atomic E-state index is 12.3. The van der Waals surface area contributed by atoms with E-state index < -0.39 is 5.60 Å². The lowest BCUT2D eigenvalue weighted by Crippen LogP contribution is -2.43. The lowest BCUT2D eigenvalue weighted by molar-refractivity contribution is -0.139. The molecule has 5 nitrogen and oxygen atoms in total. The van der Waals surface area contributed by atoms with Crippen LogP contribution in [0.4, 0.5) is 0 Å². The third-order valence-electron chi connectivity index (χ3n) is 4.15. The zero-order chi connectivity index (χ0) is 14.9. The summed E-state index contributed by atoms with van der Waals surface area (Å²) < 4.78 is 7.53. The van der Waals surface area contributed by atoms with Gasteiger partial charge in [-0.3, -0.25) is 9.48 Å². The molecule has 0 spiro atoms. The van der Waals surface area contributed by atoms with Crippen LogP contribution in [0.3, 0.4) is 0 Å². The maximum absolute atomic E-state index is 12.3. The van der Waals surface area contributed by atoms with Gasteiger partial charge in [0.15, 0.2) is 0 Å². The normalized spacial score (nSPS) is 21.8. The van der Waals surface area contributed by atoms with Crippen LogP contribution in [0.25, 0.3) is 10.9 Å². The van der Waals surface area contributed by atoms with Crippen LogP contribution in [0.2, 0.25) is 0 Å². The van der Waals surface area contributed by atoms with E-state index in [1.807, 2.05) is 29.8 Å². The number of nitrogens with zero attached hydrogens (tertiary/aromatic N) is 2. The number of nitrogens with one attached hydrogen (secondary N) is 1. The minimum absolute atomic E-state index is 0.0462. The average molecular weight is 287 g/mol. The van der Waals surface area contributed by atoms with Crippen molar-refractivity contribution in [3.05, 3.63) is 30.0 Å². The molecule has 1 aromatic heterocycles. The van der Waals surface area contributed by atoms with Crippen molar-refractivity contribution < 1.29 is 9.53 Å². The number of hydrogen-bond acceptors (Lipinski definition) is 3. The molecule has 1 atom stereocenters. The highest BCUT2D eigenvalue weighted by Crippen LogP contribution is 2.25. The molecule has 0 radical (unpaired) electrons. The van der Waals surface area contributed by atoms with E-state index in [2.05, 4.69) is 23.4 Å². The van der Waals surface area contributed by atoms with Crippen molar-refractivity contribution in [1.82, 2.24) is 15.1 Å². The molecule has 0 saturated carbocycles. The summed E-state index contributed by atoms with van der Waals surface area (Å²) in [5.74, 6) is -0.0462. The number of para-hydroxylation sites is 1. The summed E-state index contributed by atoms with van der Waals surface area (Å²) in [5, 5.41) is 8.66. The van der Waals surface area contributed by atoms with Crippen molar-refractivity contribution in [2.75, 3.05) is 6.61 Å². The lowest BCUT2D eigenvalue weighted by Gasteiger charge is -2.21. The molecule has 5 heteroatoms. The summed E-state index contributed by atoms with van der Waals surface area (Å²) in [7, 11) is 0. The predicted octanol–water partition coefficient (Wildman–Crippen LogP) is 2.24. The number of hydrogen-bond donors (Lipinski definition) is 1. The fraction of sp³-hybridized carbons (Fsp3) is 0.500. The van der Waals surface area contributed by atoms with Gasteiger partial charge < -0.3 is 10.1 Å². The second kappa shape index (κ2) is 5.48. The summed E-state index contributed by atoms with van der Waals surface area (Å²) in [6.45, 7) is 5.84. The standard InChI is InChI=1S/C16H21N3O2/c1-3-19-14-8-5-4-7-12(14)13(18-19)11-17-15(20)16(2)9-6-10-21-16/h4-5,7-8H,3,6,9-11H2,1-2H3,(H,17,20). The number of carbonyl (C=O) groups excluding carboxylic acids is 1. The number of amides is 1. The Labute approximate surface area is 124 Å². The number of fused-ring (bicyclic) bond motifs is 1. The van der Waals surface area contributed by atoms with Gasteiger partial charge >= 0.3 is 0 Å². The zero-order valence-electron chi connectivity index (χ0n) is 12.6. The Balaban J connectivity index is 1.78. The third kappa shape index (κ3) is 2.53. The molecule has 2 aromatic rings. The first-order valence-corrected chi connectivity index (χ1v) is 7.51. The fourth-order valence-corrected chi connectivity index (χ4v) is 2.88. The van der Waals surface area contributed by atoms with Crippen LogP contribution < -0.4 is 5.32 Å². The molecule has 1 N–H and O–H groups in total. The van der Waals surface area contributed by atoms with Gasteiger partial charge in [-0.25, -0.2) is 0 Å². The first kappa shape index (κ1) is 14.1. The van der Waals surface area contributed by atoms with E-state index in [9.17, 15) is 4.79 Å². The lowest BCUT2D eigenvalue weighted by atomic mass is 10.0. The Morgan fingerprint density at radius 1 is 1.48 bits per heavy atom. The third-order valence-corrected chi connectivity index (χ3v) is 4.15. The van der Waals surface area contributed by atoms with E-state index >= 15 is 0 Å². The molecule has 112 valence electrons. The van der Waals surface area contributed by atoms with Gasteiger partial charge in [0, 0.05) is 18.5 Å². The number of aryl methyl sites for hydroxylation is 1. The van der Waals surface area contributed by atoms with Gasteiger partial charge in [-0.15, -0.1) is 0 Å². The summed E-state index contributed by atoms with van der Waals surface area (Å²) in [6, 6.07) is 8.10. The van der Waals surface area contributed by atoms with Crippen LogP contribution in [0.5, 0.6) is 0 Å². The van der Waals surface area contributed by atoms with Gasteiger partial charge in [-0.1, -0.05) is 18.2 Å². The van der Waals surface area contributed by atoms with Crippen molar-refractivity contribution >= 4 is 16.8 Å². The maximum Gasteiger partial charge on any atom is 0.252 e. The highest BCUT2D eigenvalue weighted by Gasteiger charge is 2.37. The largest absolute Gasteiger partial charge is 0.365 e. The molecule has 3 rings (SSSR count). The SMILES string of the molecule is CCn1nc(CNC(=O)C2(C)CCCO2)c2ccccc21. The molecule has 2 heterocycles. The number of benzene rings is 1. The number of ether oxygens (including phenoxy) is 1. The molecular formula is C16H21N3O2. The average Bonchev–Trinajstić information content (AvgIpc) is 3.10. The van der Waals surface area contributed by atoms with Crippen molar-refractivity contribution in [2.24, 2.45) is 0 Å². The Morgan fingerprint density at radius 2 is 2.29 bits per heavy atom. The second-order valence-electron chi connectivity index (χ2n) is 5.65. The van der Waals surface area contributed by atoms with E-state index in [0.29, 0.717) is 13.2 Å². The molecule has 1 aliphatic heterocycles. The van der Waals surface area contributed by atoms with E-state index in [0.717, 1.165) is 36.0 Å². The van der Waals surface area contributed by atoms with Gasteiger partial charge in [0.2, 0.25) is 0 Å². The molecule has 1 saturated heterocycles. The Hall–Kier alpha value is -1.88.